The molecule has 4 rings (SSSR count). The standard InChI is InChI=1S/C19H20N2O4S/c1-25-13-6-4-12(5-7-13)17-20-16(10-26-17)18(22)21-8-14(11-2-3-11)15(9-21)19(23)24/h4-7,10-11,14-15H,2-3,8-9H2,1H3,(H,23,24)/t14-,15+/m1/s1. The van der Waals surface area contributed by atoms with Gasteiger partial charge in [0.15, 0.2) is 0 Å². The highest BCUT2D eigenvalue weighted by atomic mass is 32.1. The maximum absolute atomic E-state index is 12.8. The van der Waals surface area contributed by atoms with Crippen LogP contribution in [0.15, 0.2) is 29.6 Å². The zero-order valence-corrected chi connectivity index (χ0v) is 15.2. The first kappa shape index (κ1) is 17.0. The van der Waals surface area contributed by atoms with Crippen molar-refractivity contribution >= 4 is 23.2 Å². The van der Waals surface area contributed by atoms with Crippen LogP contribution >= 0.6 is 11.3 Å². The molecule has 26 heavy (non-hydrogen) atoms. The van der Waals surface area contributed by atoms with Crippen molar-refractivity contribution in [3.05, 3.63) is 35.3 Å². The summed E-state index contributed by atoms with van der Waals surface area (Å²) < 4.78 is 5.15. The molecule has 7 heteroatoms. The molecular weight excluding hydrogens is 352 g/mol. The minimum absolute atomic E-state index is 0.0798. The molecule has 136 valence electrons. The lowest BCUT2D eigenvalue weighted by Gasteiger charge is -2.14. The van der Waals surface area contributed by atoms with Crippen LogP contribution in [0.3, 0.4) is 0 Å². The molecule has 2 heterocycles. The number of carboxylic acids is 1. The fourth-order valence-electron chi connectivity index (χ4n) is 3.66. The minimum atomic E-state index is -0.797. The lowest BCUT2D eigenvalue weighted by Crippen LogP contribution is -2.30. The Balaban J connectivity index is 1.50. The van der Waals surface area contributed by atoms with E-state index in [4.69, 9.17) is 4.74 Å². The van der Waals surface area contributed by atoms with Crippen LogP contribution in [0.2, 0.25) is 0 Å². The monoisotopic (exact) mass is 372 g/mol. The summed E-state index contributed by atoms with van der Waals surface area (Å²) in [6, 6.07) is 7.53. The average molecular weight is 372 g/mol. The van der Waals surface area contributed by atoms with Crippen molar-refractivity contribution in [2.45, 2.75) is 12.8 Å². The van der Waals surface area contributed by atoms with Gasteiger partial charge in [0.05, 0.1) is 13.0 Å². The lowest BCUT2D eigenvalue weighted by molar-refractivity contribution is -0.142. The molecular formula is C19H20N2O4S. The quantitative estimate of drug-likeness (QED) is 0.873. The van der Waals surface area contributed by atoms with E-state index in [0.717, 1.165) is 29.2 Å². The van der Waals surface area contributed by atoms with Crippen molar-refractivity contribution in [1.29, 1.82) is 0 Å². The number of thiazole rings is 1. The minimum Gasteiger partial charge on any atom is -0.497 e. The highest BCUT2D eigenvalue weighted by Crippen LogP contribution is 2.44. The van der Waals surface area contributed by atoms with E-state index >= 15 is 0 Å². The number of rotatable bonds is 5. The highest BCUT2D eigenvalue weighted by Gasteiger charge is 2.47. The first-order valence-electron chi connectivity index (χ1n) is 8.69. The summed E-state index contributed by atoms with van der Waals surface area (Å²) >= 11 is 1.41. The molecule has 0 bridgehead atoms. The Morgan fingerprint density at radius 3 is 2.58 bits per heavy atom. The van der Waals surface area contributed by atoms with Crippen molar-refractivity contribution in [3.63, 3.8) is 0 Å². The Hall–Kier alpha value is -2.41. The van der Waals surface area contributed by atoms with Gasteiger partial charge in [-0.3, -0.25) is 9.59 Å². The van der Waals surface area contributed by atoms with Gasteiger partial charge in [-0.2, -0.15) is 0 Å². The molecule has 2 fully saturated rings. The molecule has 2 aromatic rings. The molecule has 0 spiro atoms. The maximum atomic E-state index is 12.8. The van der Waals surface area contributed by atoms with Gasteiger partial charge in [0.1, 0.15) is 16.5 Å². The highest BCUT2D eigenvalue weighted by molar-refractivity contribution is 7.13. The van der Waals surface area contributed by atoms with Crippen LogP contribution in [-0.2, 0) is 4.79 Å². The summed E-state index contributed by atoms with van der Waals surface area (Å²) in [7, 11) is 1.62. The summed E-state index contributed by atoms with van der Waals surface area (Å²) in [5.74, 6) is -0.115. The Morgan fingerprint density at radius 2 is 1.96 bits per heavy atom. The number of likely N-dealkylation sites (tertiary alicyclic amines) is 1. The molecule has 6 nitrogen and oxygen atoms in total. The largest absolute Gasteiger partial charge is 0.497 e. The Kier molecular flexibility index (Phi) is 4.40. The van der Waals surface area contributed by atoms with Gasteiger partial charge >= 0.3 is 5.97 Å². The summed E-state index contributed by atoms with van der Waals surface area (Å²) in [5, 5.41) is 12.0. The zero-order chi connectivity index (χ0) is 18.3. The molecule has 1 saturated heterocycles. The van der Waals surface area contributed by atoms with E-state index in [1.807, 2.05) is 24.3 Å². The van der Waals surface area contributed by atoms with Crippen LogP contribution in [0.5, 0.6) is 5.75 Å². The van der Waals surface area contributed by atoms with E-state index in [9.17, 15) is 14.7 Å². The predicted octanol–water partition coefficient (Wildman–Crippen LogP) is 3.00. The van der Waals surface area contributed by atoms with Gasteiger partial charge in [-0.15, -0.1) is 11.3 Å². The van der Waals surface area contributed by atoms with Crippen LogP contribution in [-0.4, -0.2) is 47.1 Å². The van der Waals surface area contributed by atoms with Gasteiger partial charge in [0, 0.05) is 24.0 Å². The van der Waals surface area contributed by atoms with Crippen LogP contribution in [0.4, 0.5) is 0 Å². The van der Waals surface area contributed by atoms with Gasteiger partial charge in [-0.1, -0.05) is 0 Å². The molecule has 1 aliphatic heterocycles. The van der Waals surface area contributed by atoms with E-state index in [0.29, 0.717) is 18.2 Å². The number of hydrogen-bond acceptors (Lipinski definition) is 5. The number of aliphatic carboxylic acids is 1. The third-order valence-electron chi connectivity index (χ3n) is 5.26. The van der Waals surface area contributed by atoms with Crippen molar-refractivity contribution in [1.82, 2.24) is 9.88 Å². The average Bonchev–Trinajstić information content (AvgIpc) is 3.21. The summed E-state index contributed by atoms with van der Waals surface area (Å²) in [5.41, 5.74) is 1.32. The van der Waals surface area contributed by atoms with Crippen molar-refractivity contribution < 1.29 is 19.4 Å². The molecule has 2 atom stereocenters. The number of carbonyl (C=O) groups is 2. The van der Waals surface area contributed by atoms with Gasteiger partial charge in [-0.05, 0) is 48.9 Å². The fourth-order valence-corrected chi connectivity index (χ4v) is 4.46. The second-order valence-electron chi connectivity index (χ2n) is 6.92. The Labute approximate surface area is 155 Å². The van der Waals surface area contributed by atoms with E-state index < -0.39 is 11.9 Å². The number of hydrogen-bond donors (Lipinski definition) is 1. The molecule has 1 amide bonds. The SMILES string of the molecule is COc1ccc(-c2nc(C(=O)N3C[C@H](C(=O)O)[C@@H](C4CC4)C3)cs2)cc1. The summed E-state index contributed by atoms with van der Waals surface area (Å²) in [6.07, 6.45) is 2.16. The number of methoxy groups -OCH3 is 1. The smallest absolute Gasteiger partial charge is 0.308 e. The molecule has 1 aromatic heterocycles. The molecule has 1 aromatic carbocycles. The summed E-state index contributed by atoms with van der Waals surface area (Å²) in [6.45, 7) is 0.806. The number of amides is 1. The lowest BCUT2D eigenvalue weighted by atomic mass is 9.92. The predicted molar refractivity (Wildman–Crippen MR) is 97.3 cm³/mol. The number of aromatic nitrogens is 1. The van der Waals surface area contributed by atoms with Crippen molar-refractivity contribution in [3.8, 4) is 16.3 Å². The van der Waals surface area contributed by atoms with Crippen LogP contribution in [0, 0.1) is 17.8 Å². The third kappa shape index (κ3) is 3.19. The van der Waals surface area contributed by atoms with Crippen LogP contribution in [0.1, 0.15) is 23.3 Å². The van der Waals surface area contributed by atoms with E-state index in [1.165, 1.54) is 11.3 Å². The maximum Gasteiger partial charge on any atom is 0.308 e. The molecule has 1 aliphatic carbocycles. The Morgan fingerprint density at radius 1 is 1.23 bits per heavy atom. The topological polar surface area (TPSA) is 79.7 Å². The van der Waals surface area contributed by atoms with E-state index in [1.54, 1.807) is 17.4 Å². The van der Waals surface area contributed by atoms with Gasteiger partial charge in [0.25, 0.3) is 5.91 Å². The van der Waals surface area contributed by atoms with Gasteiger partial charge < -0.3 is 14.7 Å². The normalized spacial score (nSPS) is 22.4. The first-order valence-corrected chi connectivity index (χ1v) is 9.57. The molecule has 0 radical (unpaired) electrons. The van der Waals surface area contributed by atoms with Gasteiger partial charge in [0.2, 0.25) is 0 Å². The number of carboxylic acid groups (broad SMARTS) is 1. The third-order valence-corrected chi connectivity index (χ3v) is 6.15. The van der Waals surface area contributed by atoms with Gasteiger partial charge in [-0.25, -0.2) is 4.98 Å². The molecule has 2 aliphatic rings. The molecule has 0 unspecified atom stereocenters. The van der Waals surface area contributed by atoms with E-state index in [-0.39, 0.29) is 18.4 Å². The fraction of sp³-hybridized carbons (Fsp3) is 0.421. The number of ether oxygens (including phenoxy) is 1. The van der Waals surface area contributed by atoms with Crippen LogP contribution in [0.25, 0.3) is 10.6 Å². The molecule has 1 saturated carbocycles. The van der Waals surface area contributed by atoms with E-state index in [2.05, 4.69) is 4.98 Å². The van der Waals surface area contributed by atoms with Crippen molar-refractivity contribution in [2.24, 2.45) is 17.8 Å². The second kappa shape index (κ2) is 6.72. The van der Waals surface area contributed by atoms with Crippen molar-refractivity contribution in [2.75, 3.05) is 20.2 Å². The number of nitrogens with zero attached hydrogens (tertiary/aromatic N) is 2. The number of carbonyl (C=O) groups excluding carboxylic acids is 1. The zero-order valence-electron chi connectivity index (χ0n) is 14.4. The first-order chi connectivity index (χ1) is 12.6. The van der Waals surface area contributed by atoms with Crippen LogP contribution < -0.4 is 4.74 Å². The number of benzene rings is 1. The summed E-state index contributed by atoms with van der Waals surface area (Å²) in [4.78, 5) is 30.5. The Bertz CT molecular complexity index is 828. The second-order valence-corrected chi connectivity index (χ2v) is 7.78. The molecule has 1 N–H and O–H groups in total.